The van der Waals surface area contributed by atoms with Gasteiger partial charge in [-0.2, -0.15) is 0 Å². The van der Waals surface area contributed by atoms with Crippen LogP contribution in [0.5, 0.6) is 11.6 Å². The molecule has 6 nitrogen and oxygen atoms in total. The van der Waals surface area contributed by atoms with Crippen LogP contribution >= 0.6 is 0 Å². The van der Waals surface area contributed by atoms with Crippen molar-refractivity contribution in [3.63, 3.8) is 0 Å². The maximum Gasteiger partial charge on any atom is 0.311 e. The van der Waals surface area contributed by atoms with E-state index in [-0.39, 0.29) is 23.9 Å². The first kappa shape index (κ1) is 14.0. The number of aromatic nitrogens is 1. The molecule has 0 spiro atoms. The third-order valence-electron chi connectivity index (χ3n) is 2.82. The van der Waals surface area contributed by atoms with Crippen LogP contribution in [0.2, 0.25) is 0 Å². The highest BCUT2D eigenvalue weighted by Gasteiger charge is 2.16. The Balaban J connectivity index is 2.29. The van der Waals surface area contributed by atoms with Gasteiger partial charge < -0.3 is 9.84 Å². The average Bonchev–Trinajstić information content (AvgIpc) is 2.48. The van der Waals surface area contributed by atoms with Crippen LogP contribution < -0.4 is 4.74 Å². The maximum atomic E-state index is 11.1. The van der Waals surface area contributed by atoms with Crippen LogP contribution in [0.1, 0.15) is 18.1 Å². The number of pyridine rings is 1. The number of nitrogens with zero attached hydrogens (tertiary/aromatic N) is 2. The number of ether oxygens (including phenoxy) is 1. The van der Waals surface area contributed by atoms with Crippen molar-refractivity contribution in [3.05, 3.63) is 57.8 Å². The van der Waals surface area contributed by atoms with Gasteiger partial charge in [-0.05, 0) is 29.7 Å². The van der Waals surface area contributed by atoms with Crippen LogP contribution in [0.25, 0.3) is 0 Å². The second-order valence-electron chi connectivity index (χ2n) is 4.18. The van der Waals surface area contributed by atoms with E-state index in [1.165, 1.54) is 12.3 Å². The molecule has 0 aliphatic carbocycles. The molecule has 0 radical (unpaired) electrons. The number of benzene rings is 1. The van der Waals surface area contributed by atoms with E-state index in [0.29, 0.717) is 12.0 Å². The normalized spacial score (nSPS) is 10.3. The summed E-state index contributed by atoms with van der Waals surface area (Å²) in [4.78, 5) is 14.6. The monoisotopic (exact) mass is 274 g/mol. The fourth-order valence-electron chi connectivity index (χ4n) is 1.69. The summed E-state index contributed by atoms with van der Waals surface area (Å²) in [7, 11) is 0. The number of nitro benzene ring substituents is 1. The summed E-state index contributed by atoms with van der Waals surface area (Å²) >= 11 is 0. The van der Waals surface area contributed by atoms with Crippen molar-refractivity contribution in [2.45, 2.75) is 20.0 Å². The smallest absolute Gasteiger partial charge is 0.311 e. The van der Waals surface area contributed by atoms with E-state index in [0.717, 1.165) is 5.56 Å². The first-order chi connectivity index (χ1) is 9.63. The molecule has 2 aromatic rings. The van der Waals surface area contributed by atoms with E-state index in [2.05, 4.69) is 4.98 Å². The summed E-state index contributed by atoms with van der Waals surface area (Å²) in [5.41, 5.74) is 1.43. The van der Waals surface area contributed by atoms with Crippen LogP contribution in [0.15, 0.2) is 36.5 Å². The minimum atomic E-state index is -0.476. The number of aryl methyl sites for hydroxylation is 1. The summed E-state index contributed by atoms with van der Waals surface area (Å²) in [6, 6.07) is 8.05. The number of hydrogen-bond donors (Lipinski definition) is 1. The highest BCUT2D eigenvalue weighted by molar-refractivity contribution is 5.50. The van der Waals surface area contributed by atoms with E-state index in [1.807, 2.05) is 6.92 Å². The minimum absolute atomic E-state index is 0.0858. The lowest BCUT2D eigenvalue weighted by Gasteiger charge is -2.07. The average molecular weight is 274 g/mol. The minimum Gasteiger partial charge on any atom is -0.432 e. The fourth-order valence-corrected chi connectivity index (χ4v) is 1.69. The molecular weight excluding hydrogens is 260 g/mol. The van der Waals surface area contributed by atoms with Crippen LogP contribution in [-0.2, 0) is 13.0 Å². The van der Waals surface area contributed by atoms with Crippen molar-refractivity contribution in [1.29, 1.82) is 0 Å². The molecule has 0 aliphatic rings. The SMILES string of the molecule is CCc1ccc(Oc2ccc(CO)cn2)c([N+](=O)[O-])c1. The molecular formula is C14H14N2O4. The molecule has 104 valence electrons. The van der Waals surface area contributed by atoms with Gasteiger partial charge in [0, 0.05) is 18.3 Å². The molecule has 0 atom stereocenters. The van der Waals surface area contributed by atoms with Gasteiger partial charge in [0.15, 0.2) is 0 Å². The fraction of sp³-hybridized carbons (Fsp3) is 0.214. The third-order valence-corrected chi connectivity index (χ3v) is 2.82. The second kappa shape index (κ2) is 6.12. The Morgan fingerprint density at radius 2 is 2.05 bits per heavy atom. The Kier molecular flexibility index (Phi) is 4.27. The molecule has 0 saturated carbocycles. The largest absolute Gasteiger partial charge is 0.432 e. The molecule has 6 heteroatoms. The molecule has 0 amide bonds. The number of aliphatic hydroxyl groups is 1. The molecule has 0 unspecified atom stereocenters. The van der Waals surface area contributed by atoms with Crippen LogP contribution in [0.4, 0.5) is 5.69 Å². The highest BCUT2D eigenvalue weighted by atomic mass is 16.6. The molecule has 1 aromatic carbocycles. The molecule has 1 aromatic heterocycles. The molecule has 1 N–H and O–H groups in total. The summed E-state index contributed by atoms with van der Waals surface area (Å²) in [6.07, 6.45) is 2.17. The predicted octanol–water partition coefficient (Wildman–Crippen LogP) is 2.84. The molecule has 20 heavy (non-hydrogen) atoms. The summed E-state index contributed by atoms with van der Waals surface area (Å²) in [6.45, 7) is 1.81. The number of nitro groups is 1. The second-order valence-corrected chi connectivity index (χ2v) is 4.18. The summed E-state index contributed by atoms with van der Waals surface area (Å²) in [5, 5.41) is 20.0. The number of hydrogen-bond acceptors (Lipinski definition) is 5. The van der Waals surface area contributed by atoms with Gasteiger partial charge >= 0.3 is 5.69 Å². The van der Waals surface area contributed by atoms with E-state index in [4.69, 9.17) is 9.84 Å². The van der Waals surface area contributed by atoms with Gasteiger partial charge in [0.05, 0.1) is 11.5 Å². The Morgan fingerprint density at radius 3 is 2.60 bits per heavy atom. The molecule has 2 rings (SSSR count). The first-order valence-corrected chi connectivity index (χ1v) is 6.15. The lowest BCUT2D eigenvalue weighted by atomic mass is 10.1. The Labute approximate surface area is 115 Å². The lowest BCUT2D eigenvalue weighted by Crippen LogP contribution is -1.96. The van der Waals surface area contributed by atoms with E-state index >= 15 is 0 Å². The van der Waals surface area contributed by atoms with E-state index in [9.17, 15) is 10.1 Å². The maximum absolute atomic E-state index is 11.1. The van der Waals surface area contributed by atoms with Crippen LogP contribution in [-0.4, -0.2) is 15.0 Å². The molecule has 0 bridgehead atoms. The zero-order valence-electron chi connectivity index (χ0n) is 10.9. The highest BCUT2D eigenvalue weighted by Crippen LogP contribution is 2.31. The third kappa shape index (κ3) is 3.10. The van der Waals surface area contributed by atoms with Gasteiger partial charge in [0.1, 0.15) is 0 Å². The molecule has 0 fully saturated rings. The molecule has 1 heterocycles. The molecule has 0 saturated heterocycles. The van der Waals surface area contributed by atoms with Crippen molar-refractivity contribution in [2.75, 3.05) is 0 Å². The standard InChI is InChI=1S/C14H14N2O4/c1-2-10-3-5-13(12(7-10)16(18)19)20-14-6-4-11(9-17)8-15-14/h3-8,17H,2,9H2,1H3. The zero-order chi connectivity index (χ0) is 14.5. The Bertz CT molecular complexity index is 611. The first-order valence-electron chi connectivity index (χ1n) is 6.15. The van der Waals surface area contributed by atoms with Gasteiger partial charge in [0.25, 0.3) is 0 Å². The topological polar surface area (TPSA) is 85.5 Å². The van der Waals surface area contributed by atoms with Crippen molar-refractivity contribution in [2.24, 2.45) is 0 Å². The van der Waals surface area contributed by atoms with Gasteiger partial charge in [-0.25, -0.2) is 4.98 Å². The van der Waals surface area contributed by atoms with Crippen molar-refractivity contribution < 1.29 is 14.8 Å². The lowest BCUT2D eigenvalue weighted by molar-refractivity contribution is -0.385. The number of aliphatic hydroxyl groups excluding tert-OH is 1. The summed E-state index contributed by atoms with van der Waals surface area (Å²) < 4.78 is 5.44. The number of rotatable bonds is 5. The summed E-state index contributed by atoms with van der Waals surface area (Å²) in [5.74, 6) is 0.394. The van der Waals surface area contributed by atoms with Gasteiger partial charge in [-0.15, -0.1) is 0 Å². The van der Waals surface area contributed by atoms with Gasteiger partial charge in [-0.1, -0.05) is 13.0 Å². The quantitative estimate of drug-likeness (QED) is 0.669. The van der Waals surface area contributed by atoms with Gasteiger partial charge in [0.2, 0.25) is 11.6 Å². The van der Waals surface area contributed by atoms with Crippen LogP contribution in [0.3, 0.4) is 0 Å². The molecule has 0 aliphatic heterocycles. The van der Waals surface area contributed by atoms with Crippen molar-refractivity contribution >= 4 is 5.69 Å². The van der Waals surface area contributed by atoms with E-state index < -0.39 is 4.92 Å². The van der Waals surface area contributed by atoms with Crippen molar-refractivity contribution in [1.82, 2.24) is 4.98 Å². The predicted molar refractivity (Wildman–Crippen MR) is 72.7 cm³/mol. The zero-order valence-corrected chi connectivity index (χ0v) is 10.9. The Hall–Kier alpha value is -2.47. The van der Waals surface area contributed by atoms with Crippen molar-refractivity contribution in [3.8, 4) is 11.6 Å². The van der Waals surface area contributed by atoms with E-state index in [1.54, 1.807) is 24.3 Å². The van der Waals surface area contributed by atoms with Gasteiger partial charge in [-0.3, -0.25) is 10.1 Å². The van der Waals surface area contributed by atoms with Crippen LogP contribution in [0, 0.1) is 10.1 Å². The Morgan fingerprint density at radius 1 is 1.30 bits per heavy atom.